The zero-order valence-electron chi connectivity index (χ0n) is 13.3. The Kier molecular flexibility index (Phi) is 5.48. The second-order valence-corrected chi connectivity index (χ2v) is 5.65. The molecule has 0 aliphatic carbocycles. The quantitative estimate of drug-likeness (QED) is 0.819. The van der Waals surface area contributed by atoms with Gasteiger partial charge in [0.15, 0.2) is 0 Å². The third kappa shape index (κ3) is 3.90. The number of aryl methyl sites for hydroxylation is 1. The lowest BCUT2D eigenvalue weighted by atomic mass is 10.0. The molecule has 21 heavy (non-hydrogen) atoms. The topological polar surface area (TPSA) is 49.6 Å². The summed E-state index contributed by atoms with van der Waals surface area (Å²) in [5, 5.41) is 0. The second kappa shape index (κ2) is 7.34. The van der Waals surface area contributed by atoms with Crippen LogP contribution in [0.25, 0.3) is 0 Å². The van der Waals surface area contributed by atoms with Gasteiger partial charge < -0.3 is 15.5 Å². The van der Waals surface area contributed by atoms with E-state index in [0.29, 0.717) is 6.42 Å². The Morgan fingerprint density at radius 3 is 2.81 bits per heavy atom. The molecule has 1 amide bonds. The van der Waals surface area contributed by atoms with E-state index in [0.717, 1.165) is 44.7 Å². The van der Waals surface area contributed by atoms with Gasteiger partial charge in [0.1, 0.15) is 0 Å². The van der Waals surface area contributed by atoms with Crippen molar-refractivity contribution in [1.82, 2.24) is 4.90 Å². The largest absolute Gasteiger partial charge is 0.399 e. The van der Waals surface area contributed by atoms with Crippen molar-refractivity contribution >= 4 is 17.3 Å². The van der Waals surface area contributed by atoms with Gasteiger partial charge in [0.2, 0.25) is 5.91 Å². The molecule has 0 fully saturated rings. The van der Waals surface area contributed by atoms with E-state index >= 15 is 0 Å². The first-order valence-corrected chi connectivity index (χ1v) is 8.06. The predicted octanol–water partition coefficient (Wildman–Crippen LogP) is 2.67. The molecule has 1 heterocycles. The summed E-state index contributed by atoms with van der Waals surface area (Å²) in [4.78, 5) is 16.3. The number of anilines is 2. The van der Waals surface area contributed by atoms with Gasteiger partial charge in [0.25, 0.3) is 0 Å². The summed E-state index contributed by atoms with van der Waals surface area (Å²) in [5.41, 5.74) is 9.34. The second-order valence-electron chi connectivity index (χ2n) is 5.65. The fourth-order valence-corrected chi connectivity index (χ4v) is 3.08. The van der Waals surface area contributed by atoms with E-state index in [2.05, 4.69) is 17.0 Å². The van der Waals surface area contributed by atoms with E-state index in [1.165, 1.54) is 17.7 Å². The van der Waals surface area contributed by atoms with Crippen LogP contribution in [0.5, 0.6) is 0 Å². The smallest absolute Gasteiger partial charge is 0.222 e. The molecule has 1 aromatic rings. The molecule has 4 nitrogen and oxygen atoms in total. The first-order valence-electron chi connectivity index (χ1n) is 8.06. The number of nitrogen functional groups attached to an aromatic ring is 1. The lowest BCUT2D eigenvalue weighted by Crippen LogP contribution is -2.33. The molecule has 1 aliphatic heterocycles. The number of benzene rings is 1. The minimum atomic E-state index is 0.273. The zero-order chi connectivity index (χ0) is 15.2. The molecule has 0 bridgehead atoms. The Bertz CT molecular complexity index is 483. The number of amides is 1. The average Bonchev–Trinajstić information content (AvgIpc) is 2.48. The third-order valence-corrected chi connectivity index (χ3v) is 4.25. The van der Waals surface area contributed by atoms with Crippen molar-refractivity contribution in [3.8, 4) is 0 Å². The fraction of sp³-hybridized carbons (Fsp3) is 0.588. The van der Waals surface area contributed by atoms with E-state index in [1.54, 1.807) is 0 Å². The van der Waals surface area contributed by atoms with Crippen LogP contribution in [0.1, 0.15) is 38.7 Å². The van der Waals surface area contributed by atoms with Crippen molar-refractivity contribution in [2.75, 3.05) is 36.8 Å². The summed E-state index contributed by atoms with van der Waals surface area (Å²) < 4.78 is 0. The summed E-state index contributed by atoms with van der Waals surface area (Å²) in [6, 6.07) is 6.18. The number of hydrogen-bond donors (Lipinski definition) is 1. The van der Waals surface area contributed by atoms with E-state index in [-0.39, 0.29) is 5.91 Å². The van der Waals surface area contributed by atoms with Gasteiger partial charge in [-0.15, -0.1) is 0 Å². The van der Waals surface area contributed by atoms with Crippen LogP contribution in [0.2, 0.25) is 0 Å². The van der Waals surface area contributed by atoms with Gasteiger partial charge >= 0.3 is 0 Å². The Balaban J connectivity index is 1.89. The Morgan fingerprint density at radius 2 is 2.10 bits per heavy atom. The van der Waals surface area contributed by atoms with Crippen LogP contribution in [-0.4, -0.2) is 37.0 Å². The average molecular weight is 289 g/mol. The molecule has 0 aromatic heterocycles. The van der Waals surface area contributed by atoms with E-state index < -0.39 is 0 Å². The molecule has 4 heteroatoms. The van der Waals surface area contributed by atoms with Gasteiger partial charge in [-0.3, -0.25) is 4.79 Å². The molecular formula is C17H27N3O. The maximum atomic E-state index is 12.0. The summed E-state index contributed by atoms with van der Waals surface area (Å²) in [6.07, 6.45) is 3.83. The van der Waals surface area contributed by atoms with Crippen LogP contribution in [0.4, 0.5) is 11.4 Å². The molecule has 0 spiro atoms. The number of rotatable bonds is 6. The van der Waals surface area contributed by atoms with Crippen molar-refractivity contribution in [2.45, 2.75) is 39.5 Å². The maximum Gasteiger partial charge on any atom is 0.222 e. The number of fused-ring (bicyclic) bond motifs is 1. The monoisotopic (exact) mass is 289 g/mol. The standard InChI is InChI=1S/C17H27N3O/c1-3-19(4-2)17(21)8-6-12-20-11-5-7-14-13-15(18)9-10-16(14)20/h9-10,13H,3-8,11-12,18H2,1-2H3. The number of carbonyl (C=O) groups is 1. The Hall–Kier alpha value is -1.71. The van der Waals surface area contributed by atoms with Gasteiger partial charge in [0, 0.05) is 44.0 Å². The minimum absolute atomic E-state index is 0.273. The summed E-state index contributed by atoms with van der Waals surface area (Å²) in [5.74, 6) is 0.273. The van der Waals surface area contributed by atoms with Crippen LogP contribution in [0.15, 0.2) is 18.2 Å². The van der Waals surface area contributed by atoms with Crippen molar-refractivity contribution < 1.29 is 4.79 Å². The highest BCUT2D eigenvalue weighted by Gasteiger charge is 2.17. The third-order valence-electron chi connectivity index (χ3n) is 4.25. The van der Waals surface area contributed by atoms with Crippen LogP contribution in [-0.2, 0) is 11.2 Å². The van der Waals surface area contributed by atoms with Gasteiger partial charge in [-0.1, -0.05) is 0 Å². The van der Waals surface area contributed by atoms with Gasteiger partial charge in [-0.25, -0.2) is 0 Å². The molecule has 0 radical (unpaired) electrons. The summed E-state index contributed by atoms with van der Waals surface area (Å²) in [7, 11) is 0. The number of carbonyl (C=O) groups excluding carboxylic acids is 1. The normalized spacial score (nSPS) is 13.9. The Labute approximate surface area is 127 Å². The van der Waals surface area contributed by atoms with E-state index in [1.807, 2.05) is 24.8 Å². The molecule has 116 valence electrons. The molecular weight excluding hydrogens is 262 g/mol. The van der Waals surface area contributed by atoms with Crippen molar-refractivity contribution in [1.29, 1.82) is 0 Å². The molecule has 0 saturated carbocycles. The zero-order valence-corrected chi connectivity index (χ0v) is 13.3. The van der Waals surface area contributed by atoms with Gasteiger partial charge in [-0.2, -0.15) is 0 Å². The summed E-state index contributed by atoms with van der Waals surface area (Å²) in [6.45, 7) is 7.71. The highest BCUT2D eigenvalue weighted by molar-refractivity contribution is 5.76. The molecule has 0 saturated heterocycles. The van der Waals surface area contributed by atoms with Gasteiger partial charge in [-0.05, 0) is 56.9 Å². The first-order chi connectivity index (χ1) is 10.2. The maximum absolute atomic E-state index is 12.0. The highest BCUT2D eigenvalue weighted by Crippen LogP contribution is 2.28. The number of hydrogen-bond acceptors (Lipinski definition) is 3. The van der Waals surface area contributed by atoms with Crippen LogP contribution in [0.3, 0.4) is 0 Å². The van der Waals surface area contributed by atoms with E-state index in [9.17, 15) is 4.79 Å². The number of nitrogens with zero attached hydrogens (tertiary/aromatic N) is 2. The molecule has 0 unspecified atom stereocenters. The van der Waals surface area contributed by atoms with Gasteiger partial charge in [0.05, 0.1) is 0 Å². The summed E-state index contributed by atoms with van der Waals surface area (Å²) >= 11 is 0. The molecule has 1 aromatic carbocycles. The molecule has 2 N–H and O–H groups in total. The molecule has 1 aliphatic rings. The van der Waals surface area contributed by atoms with E-state index in [4.69, 9.17) is 5.73 Å². The lowest BCUT2D eigenvalue weighted by Gasteiger charge is -2.31. The fourth-order valence-electron chi connectivity index (χ4n) is 3.08. The van der Waals surface area contributed by atoms with Crippen LogP contribution < -0.4 is 10.6 Å². The Morgan fingerprint density at radius 1 is 1.33 bits per heavy atom. The highest BCUT2D eigenvalue weighted by atomic mass is 16.2. The lowest BCUT2D eigenvalue weighted by molar-refractivity contribution is -0.130. The molecule has 0 atom stereocenters. The number of nitrogens with two attached hydrogens (primary N) is 1. The predicted molar refractivity (Wildman–Crippen MR) is 88.6 cm³/mol. The SMILES string of the molecule is CCN(CC)C(=O)CCCN1CCCc2cc(N)ccc21. The first kappa shape index (κ1) is 15.7. The van der Waals surface area contributed by atoms with Crippen LogP contribution in [0, 0.1) is 0 Å². The van der Waals surface area contributed by atoms with Crippen molar-refractivity contribution in [2.24, 2.45) is 0 Å². The van der Waals surface area contributed by atoms with Crippen molar-refractivity contribution in [3.63, 3.8) is 0 Å². The van der Waals surface area contributed by atoms with Crippen molar-refractivity contribution in [3.05, 3.63) is 23.8 Å². The van der Waals surface area contributed by atoms with Crippen LogP contribution >= 0.6 is 0 Å². The molecule has 2 rings (SSSR count). The minimum Gasteiger partial charge on any atom is -0.399 e.